The van der Waals surface area contributed by atoms with Crippen LogP contribution in [-0.2, 0) is 0 Å². The molecule has 1 unspecified atom stereocenters. The van der Waals surface area contributed by atoms with Gasteiger partial charge in [-0.1, -0.05) is 6.92 Å². The molecule has 1 heterocycles. The first-order valence-corrected chi connectivity index (χ1v) is 5.85. The Morgan fingerprint density at radius 1 is 1.47 bits per heavy atom. The summed E-state index contributed by atoms with van der Waals surface area (Å²) in [6.07, 6.45) is 2.22. The highest BCUT2D eigenvalue weighted by Gasteiger charge is 2.19. The number of nitrogens with zero attached hydrogens (tertiary/aromatic N) is 1. The third-order valence-electron chi connectivity index (χ3n) is 2.78. The summed E-state index contributed by atoms with van der Waals surface area (Å²) in [5.74, 6) is 0.0458. The number of benzene rings is 1. The second-order valence-corrected chi connectivity index (χ2v) is 4.04. The number of furan rings is 1. The minimum Gasteiger partial charge on any atom is -0.467 e. The summed E-state index contributed by atoms with van der Waals surface area (Å²) in [7, 11) is 0. The molecule has 0 radical (unpaired) electrons. The molecule has 0 saturated carbocycles. The van der Waals surface area contributed by atoms with Crippen LogP contribution >= 0.6 is 0 Å². The second kappa shape index (κ2) is 5.51. The maximum absolute atomic E-state index is 13.0. The molecular formula is C13H13FN2O3. The number of hydrogen-bond acceptors (Lipinski definition) is 4. The van der Waals surface area contributed by atoms with Crippen molar-refractivity contribution in [3.63, 3.8) is 0 Å². The molecule has 0 bridgehead atoms. The van der Waals surface area contributed by atoms with Gasteiger partial charge in [0.05, 0.1) is 23.3 Å². The van der Waals surface area contributed by atoms with Crippen molar-refractivity contribution in [1.29, 1.82) is 0 Å². The quantitative estimate of drug-likeness (QED) is 0.657. The van der Waals surface area contributed by atoms with Gasteiger partial charge in [0.2, 0.25) is 0 Å². The van der Waals surface area contributed by atoms with Gasteiger partial charge < -0.3 is 9.73 Å². The van der Waals surface area contributed by atoms with Crippen LogP contribution in [0.5, 0.6) is 0 Å². The Morgan fingerprint density at radius 2 is 2.26 bits per heavy atom. The topological polar surface area (TPSA) is 68.3 Å². The maximum Gasteiger partial charge on any atom is 0.295 e. The van der Waals surface area contributed by atoms with Crippen molar-refractivity contribution < 1.29 is 13.7 Å². The van der Waals surface area contributed by atoms with Crippen LogP contribution in [0.2, 0.25) is 0 Å². The normalized spacial score (nSPS) is 12.1. The second-order valence-electron chi connectivity index (χ2n) is 4.04. The van der Waals surface area contributed by atoms with Gasteiger partial charge in [-0.2, -0.15) is 0 Å². The van der Waals surface area contributed by atoms with Crippen LogP contribution < -0.4 is 5.32 Å². The molecule has 2 rings (SSSR count). The standard InChI is InChI=1S/C13H13FN2O3/c1-2-10(13-4-3-7-19-13)15-11-6-5-9(14)8-12(11)16(17)18/h3-8,10,15H,2H2,1H3. The fourth-order valence-corrected chi connectivity index (χ4v) is 1.83. The minimum atomic E-state index is -0.636. The van der Waals surface area contributed by atoms with Crippen LogP contribution in [0, 0.1) is 15.9 Å². The van der Waals surface area contributed by atoms with Gasteiger partial charge in [0.25, 0.3) is 5.69 Å². The molecule has 0 saturated heterocycles. The summed E-state index contributed by atoms with van der Waals surface area (Å²) in [6, 6.07) is 6.79. The average Bonchev–Trinajstić information content (AvgIpc) is 2.90. The van der Waals surface area contributed by atoms with Crippen molar-refractivity contribution in [1.82, 2.24) is 0 Å². The highest BCUT2D eigenvalue weighted by Crippen LogP contribution is 2.30. The third kappa shape index (κ3) is 2.90. The summed E-state index contributed by atoms with van der Waals surface area (Å²) in [4.78, 5) is 10.3. The number of halogens is 1. The Morgan fingerprint density at radius 3 is 2.84 bits per heavy atom. The van der Waals surface area contributed by atoms with E-state index in [4.69, 9.17) is 4.42 Å². The average molecular weight is 264 g/mol. The van der Waals surface area contributed by atoms with Crippen LogP contribution in [0.15, 0.2) is 41.0 Å². The van der Waals surface area contributed by atoms with E-state index >= 15 is 0 Å². The fraction of sp³-hybridized carbons (Fsp3) is 0.231. The van der Waals surface area contributed by atoms with Gasteiger partial charge in [0.15, 0.2) is 0 Å². The lowest BCUT2D eigenvalue weighted by molar-refractivity contribution is -0.384. The van der Waals surface area contributed by atoms with Crippen molar-refractivity contribution in [2.24, 2.45) is 0 Å². The van der Waals surface area contributed by atoms with E-state index in [9.17, 15) is 14.5 Å². The van der Waals surface area contributed by atoms with Gasteiger partial charge in [-0.25, -0.2) is 4.39 Å². The number of nitro benzene ring substituents is 1. The number of rotatable bonds is 5. The van der Waals surface area contributed by atoms with E-state index in [1.54, 1.807) is 18.4 Å². The molecule has 0 aliphatic carbocycles. The smallest absolute Gasteiger partial charge is 0.295 e. The molecule has 5 nitrogen and oxygen atoms in total. The zero-order chi connectivity index (χ0) is 13.8. The maximum atomic E-state index is 13.0. The van der Waals surface area contributed by atoms with Gasteiger partial charge in [-0.3, -0.25) is 10.1 Å². The molecule has 19 heavy (non-hydrogen) atoms. The summed E-state index contributed by atoms with van der Waals surface area (Å²) in [6.45, 7) is 1.93. The lowest BCUT2D eigenvalue weighted by atomic mass is 10.1. The number of hydrogen-bond donors (Lipinski definition) is 1. The van der Waals surface area contributed by atoms with Crippen LogP contribution in [-0.4, -0.2) is 4.92 Å². The van der Waals surface area contributed by atoms with Crippen LogP contribution in [0.25, 0.3) is 0 Å². The molecule has 0 fully saturated rings. The van der Waals surface area contributed by atoms with Crippen molar-refractivity contribution in [3.8, 4) is 0 Å². The van der Waals surface area contributed by atoms with Crippen LogP contribution in [0.3, 0.4) is 0 Å². The van der Waals surface area contributed by atoms with Crippen molar-refractivity contribution in [2.45, 2.75) is 19.4 Å². The largest absolute Gasteiger partial charge is 0.467 e. The Labute approximate surface area is 109 Å². The molecule has 0 amide bonds. The van der Waals surface area contributed by atoms with E-state index in [1.165, 1.54) is 12.1 Å². The first-order chi connectivity index (χ1) is 9.11. The molecule has 1 N–H and O–H groups in total. The molecule has 0 spiro atoms. The lowest BCUT2D eigenvalue weighted by Gasteiger charge is -2.15. The number of anilines is 1. The van der Waals surface area contributed by atoms with E-state index in [1.807, 2.05) is 6.92 Å². The van der Waals surface area contributed by atoms with Gasteiger partial charge in [0.1, 0.15) is 17.3 Å². The zero-order valence-electron chi connectivity index (χ0n) is 10.3. The Balaban J connectivity index is 2.29. The summed E-state index contributed by atoms with van der Waals surface area (Å²) < 4.78 is 18.3. The molecule has 1 aromatic heterocycles. The monoisotopic (exact) mass is 264 g/mol. The lowest BCUT2D eigenvalue weighted by Crippen LogP contribution is -2.10. The van der Waals surface area contributed by atoms with Crippen molar-refractivity contribution in [3.05, 3.63) is 58.3 Å². The first kappa shape index (κ1) is 13.1. The molecule has 100 valence electrons. The number of nitrogens with one attached hydrogen (secondary N) is 1. The van der Waals surface area contributed by atoms with Gasteiger partial charge in [-0.05, 0) is 30.7 Å². The Bertz CT molecular complexity index is 569. The number of nitro groups is 1. The van der Waals surface area contributed by atoms with Gasteiger partial charge >= 0.3 is 0 Å². The SMILES string of the molecule is CCC(Nc1ccc(F)cc1[N+](=O)[O-])c1ccco1. The van der Waals surface area contributed by atoms with Crippen LogP contribution in [0.1, 0.15) is 25.1 Å². The van der Waals surface area contributed by atoms with Crippen molar-refractivity contribution in [2.75, 3.05) is 5.32 Å². The van der Waals surface area contributed by atoms with Gasteiger partial charge in [0, 0.05) is 0 Å². The highest BCUT2D eigenvalue weighted by atomic mass is 19.1. The summed E-state index contributed by atoms with van der Waals surface area (Å²) in [5.41, 5.74) is -0.0142. The Hall–Kier alpha value is -2.37. The highest BCUT2D eigenvalue weighted by molar-refractivity contribution is 5.62. The van der Waals surface area contributed by atoms with E-state index in [2.05, 4.69) is 5.32 Å². The molecule has 1 aromatic carbocycles. The predicted octanol–water partition coefficient (Wildman–Crippen LogP) is 3.89. The predicted molar refractivity (Wildman–Crippen MR) is 68.4 cm³/mol. The summed E-state index contributed by atoms with van der Waals surface area (Å²) in [5, 5.41) is 13.9. The van der Waals surface area contributed by atoms with E-state index in [0.717, 1.165) is 6.07 Å². The molecule has 6 heteroatoms. The van der Waals surface area contributed by atoms with E-state index < -0.39 is 10.7 Å². The molecular weight excluding hydrogens is 251 g/mol. The van der Waals surface area contributed by atoms with E-state index in [0.29, 0.717) is 12.2 Å². The minimum absolute atomic E-state index is 0.195. The third-order valence-corrected chi connectivity index (χ3v) is 2.78. The molecule has 0 aliphatic rings. The van der Waals surface area contributed by atoms with E-state index in [-0.39, 0.29) is 17.4 Å². The van der Waals surface area contributed by atoms with Crippen LogP contribution in [0.4, 0.5) is 15.8 Å². The fourth-order valence-electron chi connectivity index (χ4n) is 1.83. The summed E-state index contributed by atoms with van der Waals surface area (Å²) >= 11 is 0. The van der Waals surface area contributed by atoms with Crippen molar-refractivity contribution >= 4 is 11.4 Å². The zero-order valence-corrected chi connectivity index (χ0v) is 10.3. The molecule has 2 aromatic rings. The first-order valence-electron chi connectivity index (χ1n) is 5.85. The molecule has 1 atom stereocenters. The Kier molecular flexibility index (Phi) is 3.79. The molecule has 0 aliphatic heterocycles. The van der Waals surface area contributed by atoms with Gasteiger partial charge in [-0.15, -0.1) is 0 Å².